The van der Waals surface area contributed by atoms with E-state index in [1.165, 1.54) is 41.5 Å². The highest BCUT2D eigenvalue weighted by atomic mass is 35.5. The Kier molecular flexibility index (Phi) is 5.29. The van der Waals surface area contributed by atoms with Crippen LogP contribution in [0.5, 0.6) is 0 Å². The van der Waals surface area contributed by atoms with Crippen LogP contribution in [0.1, 0.15) is 16.8 Å². The van der Waals surface area contributed by atoms with E-state index in [9.17, 15) is 9.18 Å². The molecule has 0 N–H and O–H groups in total. The molecule has 3 heterocycles. The summed E-state index contributed by atoms with van der Waals surface area (Å²) in [5.74, 6) is -0.439. The van der Waals surface area contributed by atoms with Crippen LogP contribution in [-0.2, 0) is 19.8 Å². The van der Waals surface area contributed by atoms with Crippen LogP contribution in [0.2, 0.25) is 5.02 Å². The minimum atomic E-state index is -2.12. The lowest BCUT2D eigenvalue weighted by atomic mass is 9.85. The Morgan fingerprint density at radius 2 is 1.74 bits per heavy atom. The number of benzene rings is 2. The predicted molar refractivity (Wildman–Crippen MR) is 128 cm³/mol. The molecule has 0 aliphatic carbocycles. The Labute approximate surface area is 198 Å². The van der Waals surface area contributed by atoms with Crippen LogP contribution in [0.25, 0.3) is 22.2 Å². The number of imidazole rings is 1. The van der Waals surface area contributed by atoms with Gasteiger partial charge in [-0.2, -0.15) is 0 Å². The zero-order valence-electron chi connectivity index (χ0n) is 18.3. The molecule has 34 heavy (non-hydrogen) atoms. The van der Waals surface area contributed by atoms with E-state index in [1.54, 1.807) is 61.1 Å². The Bertz CT molecular complexity index is 1590. The third-order valence-corrected chi connectivity index (χ3v) is 6.27. The minimum absolute atomic E-state index is 0.238. The Hall–Kier alpha value is -3.84. The van der Waals surface area contributed by atoms with E-state index in [4.69, 9.17) is 11.6 Å². The fourth-order valence-corrected chi connectivity index (χ4v) is 4.37. The molecule has 8 heteroatoms. The molecule has 0 unspecified atom stereocenters. The van der Waals surface area contributed by atoms with Crippen molar-refractivity contribution in [2.75, 3.05) is 0 Å². The van der Waals surface area contributed by atoms with Crippen molar-refractivity contribution in [2.24, 2.45) is 14.1 Å². The SMILES string of the molecule is Cn1cncc1[C@@](F)(c1ccc(Cl)cc1)c1cnc2c(c1)c(-c1cccc(F)c1)cc(=O)n2C. The van der Waals surface area contributed by atoms with Crippen LogP contribution < -0.4 is 5.56 Å². The molecule has 0 radical (unpaired) electrons. The molecule has 0 spiro atoms. The van der Waals surface area contributed by atoms with Gasteiger partial charge in [0, 0.05) is 42.3 Å². The average molecular weight is 477 g/mol. The topological polar surface area (TPSA) is 52.7 Å². The van der Waals surface area contributed by atoms with Crippen molar-refractivity contribution in [3.63, 3.8) is 0 Å². The molecule has 1 atom stereocenters. The third kappa shape index (κ3) is 3.49. The van der Waals surface area contributed by atoms with Crippen LogP contribution in [0, 0.1) is 5.82 Å². The van der Waals surface area contributed by atoms with E-state index in [0.717, 1.165) is 0 Å². The quantitative estimate of drug-likeness (QED) is 0.349. The van der Waals surface area contributed by atoms with Gasteiger partial charge in [-0.05, 0) is 47.0 Å². The van der Waals surface area contributed by atoms with Gasteiger partial charge in [-0.3, -0.25) is 9.36 Å². The summed E-state index contributed by atoms with van der Waals surface area (Å²) in [5, 5.41) is 1.000. The van der Waals surface area contributed by atoms with E-state index < -0.39 is 11.5 Å². The number of hydrogen-bond donors (Lipinski definition) is 0. The normalized spacial score (nSPS) is 13.2. The Balaban J connectivity index is 1.84. The molecule has 0 saturated heterocycles. The summed E-state index contributed by atoms with van der Waals surface area (Å²) in [4.78, 5) is 21.2. The zero-order valence-corrected chi connectivity index (χ0v) is 19.1. The van der Waals surface area contributed by atoms with E-state index in [0.29, 0.717) is 38.4 Å². The smallest absolute Gasteiger partial charge is 0.252 e. The zero-order chi connectivity index (χ0) is 24.0. The minimum Gasteiger partial charge on any atom is -0.334 e. The second-order valence-electron chi connectivity index (χ2n) is 8.12. The van der Waals surface area contributed by atoms with Gasteiger partial charge in [-0.15, -0.1) is 0 Å². The maximum Gasteiger partial charge on any atom is 0.252 e. The molecule has 0 aliphatic rings. The second-order valence-corrected chi connectivity index (χ2v) is 8.55. The van der Waals surface area contributed by atoms with Crippen molar-refractivity contribution in [1.82, 2.24) is 19.1 Å². The van der Waals surface area contributed by atoms with Gasteiger partial charge in [0.25, 0.3) is 5.56 Å². The van der Waals surface area contributed by atoms with Gasteiger partial charge < -0.3 is 4.57 Å². The first-order chi connectivity index (χ1) is 16.3. The fourth-order valence-electron chi connectivity index (χ4n) is 4.24. The first-order valence-electron chi connectivity index (χ1n) is 10.5. The maximum absolute atomic E-state index is 17.2. The Morgan fingerprint density at radius 1 is 0.971 bits per heavy atom. The molecule has 2 aromatic carbocycles. The molecular formula is C26H19ClF2N4O. The number of nitrogens with zero attached hydrogens (tertiary/aromatic N) is 4. The summed E-state index contributed by atoms with van der Waals surface area (Å²) in [5.41, 5.74) is -0.213. The van der Waals surface area contributed by atoms with Crippen LogP contribution in [0.15, 0.2) is 84.2 Å². The molecule has 0 saturated carbocycles. The van der Waals surface area contributed by atoms with Crippen molar-refractivity contribution in [3.8, 4) is 11.1 Å². The van der Waals surface area contributed by atoms with Gasteiger partial charge >= 0.3 is 0 Å². The number of aryl methyl sites for hydroxylation is 2. The van der Waals surface area contributed by atoms with Crippen LogP contribution in [0.3, 0.4) is 0 Å². The number of rotatable bonds is 4. The highest BCUT2D eigenvalue weighted by Gasteiger charge is 2.40. The standard InChI is InChI=1S/C26H19ClF2N4O/c1-32-15-30-14-23(32)26(29,17-6-8-19(27)9-7-17)18-11-22-21(16-4-3-5-20(28)10-16)12-24(34)33(2)25(22)31-13-18/h3-15H,1-2H3/t26-/m1/s1. The van der Waals surface area contributed by atoms with Gasteiger partial charge in [0.1, 0.15) is 11.5 Å². The lowest BCUT2D eigenvalue weighted by Gasteiger charge is -2.27. The van der Waals surface area contributed by atoms with Crippen molar-refractivity contribution in [1.29, 1.82) is 0 Å². The fraction of sp³-hybridized carbons (Fsp3) is 0.115. The van der Waals surface area contributed by atoms with Gasteiger partial charge in [0.2, 0.25) is 5.67 Å². The molecule has 0 amide bonds. The first kappa shape index (κ1) is 22.0. The van der Waals surface area contributed by atoms with E-state index >= 15 is 4.39 Å². The monoisotopic (exact) mass is 476 g/mol. The molecule has 3 aromatic heterocycles. The summed E-state index contributed by atoms with van der Waals surface area (Å²) >= 11 is 6.06. The molecule has 0 bridgehead atoms. The number of alkyl halides is 1. The number of halogens is 3. The molecule has 5 aromatic rings. The maximum atomic E-state index is 17.2. The molecule has 0 fully saturated rings. The number of pyridine rings is 2. The van der Waals surface area contributed by atoms with Crippen molar-refractivity contribution in [3.05, 3.63) is 117 Å². The van der Waals surface area contributed by atoms with Crippen molar-refractivity contribution >= 4 is 22.6 Å². The van der Waals surface area contributed by atoms with Crippen LogP contribution in [-0.4, -0.2) is 19.1 Å². The van der Waals surface area contributed by atoms with Gasteiger partial charge in [0.05, 0.1) is 18.2 Å². The number of fused-ring (bicyclic) bond motifs is 1. The molecule has 170 valence electrons. The molecule has 5 nitrogen and oxygen atoms in total. The average Bonchev–Trinajstić information content (AvgIpc) is 3.27. The third-order valence-electron chi connectivity index (χ3n) is 6.02. The van der Waals surface area contributed by atoms with E-state index in [1.807, 2.05) is 0 Å². The summed E-state index contributed by atoms with van der Waals surface area (Å²) in [6.45, 7) is 0. The van der Waals surface area contributed by atoms with Gasteiger partial charge in [-0.1, -0.05) is 35.9 Å². The summed E-state index contributed by atoms with van der Waals surface area (Å²) in [7, 11) is 3.30. The Morgan fingerprint density at radius 3 is 2.41 bits per heavy atom. The predicted octanol–water partition coefficient (Wildman–Crippen LogP) is 5.39. The highest BCUT2D eigenvalue weighted by molar-refractivity contribution is 6.30. The lowest BCUT2D eigenvalue weighted by molar-refractivity contribution is 0.266. The largest absolute Gasteiger partial charge is 0.334 e. The first-order valence-corrected chi connectivity index (χ1v) is 10.8. The van der Waals surface area contributed by atoms with Crippen LogP contribution in [0.4, 0.5) is 8.78 Å². The van der Waals surface area contributed by atoms with E-state index in [2.05, 4.69) is 9.97 Å². The van der Waals surface area contributed by atoms with Gasteiger partial charge in [0.15, 0.2) is 0 Å². The number of aromatic nitrogens is 4. The second kappa shape index (κ2) is 8.18. The van der Waals surface area contributed by atoms with E-state index in [-0.39, 0.29) is 11.1 Å². The molecule has 0 aliphatic heterocycles. The summed E-state index contributed by atoms with van der Waals surface area (Å²) < 4.78 is 34.2. The summed E-state index contributed by atoms with van der Waals surface area (Å²) in [6.07, 6.45) is 4.40. The molecular weight excluding hydrogens is 458 g/mol. The number of hydrogen-bond acceptors (Lipinski definition) is 3. The van der Waals surface area contributed by atoms with Crippen molar-refractivity contribution < 1.29 is 8.78 Å². The molecule has 5 rings (SSSR count). The van der Waals surface area contributed by atoms with Gasteiger partial charge in [-0.25, -0.2) is 18.7 Å². The van der Waals surface area contributed by atoms with Crippen molar-refractivity contribution in [2.45, 2.75) is 5.67 Å². The highest BCUT2D eigenvalue weighted by Crippen LogP contribution is 2.42. The summed E-state index contributed by atoms with van der Waals surface area (Å²) in [6, 6.07) is 15.5. The lowest BCUT2D eigenvalue weighted by Crippen LogP contribution is -2.27. The van der Waals surface area contributed by atoms with Crippen LogP contribution >= 0.6 is 11.6 Å².